The number of hydrogen-bond donors (Lipinski definition) is 1. The predicted octanol–water partition coefficient (Wildman–Crippen LogP) is 2.52. The molecule has 3 heteroatoms. The fourth-order valence-electron chi connectivity index (χ4n) is 1.12. The summed E-state index contributed by atoms with van der Waals surface area (Å²) in [5.74, 6) is 0. The third-order valence-corrected chi connectivity index (χ3v) is 1.92. The largest absolute Gasteiger partial charge is 0.346 e. The normalized spacial score (nSPS) is 10.7. The molecule has 2 aromatic rings. The molecule has 56 valence electrons. The average molecular weight is 167 g/mol. The highest BCUT2D eigenvalue weighted by molar-refractivity contribution is 6.29. The van der Waals surface area contributed by atoms with Crippen molar-refractivity contribution in [1.82, 2.24) is 9.97 Å². The first-order valence-corrected chi connectivity index (χ1v) is 3.75. The summed E-state index contributed by atoms with van der Waals surface area (Å²) >= 11 is 5.70. The standard InChI is InChI=1S/C8H7ClN2/c1-5-4-10-8-6(5)2-3-7(9)11-8/h2-4H,1H3,(H,10,11). The molecule has 2 rings (SSSR count). The first-order chi connectivity index (χ1) is 5.27. The van der Waals surface area contributed by atoms with E-state index in [0.717, 1.165) is 11.0 Å². The monoisotopic (exact) mass is 166 g/mol. The van der Waals surface area contributed by atoms with Crippen LogP contribution in [0.5, 0.6) is 0 Å². The molecule has 0 atom stereocenters. The highest BCUT2D eigenvalue weighted by Crippen LogP contribution is 2.17. The van der Waals surface area contributed by atoms with Gasteiger partial charge in [0, 0.05) is 11.6 Å². The van der Waals surface area contributed by atoms with Crippen molar-refractivity contribution >= 4 is 22.6 Å². The Hall–Kier alpha value is -1.02. The van der Waals surface area contributed by atoms with Crippen LogP contribution in [0.2, 0.25) is 5.15 Å². The van der Waals surface area contributed by atoms with Gasteiger partial charge in [-0.15, -0.1) is 0 Å². The molecular formula is C8H7ClN2. The van der Waals surface area contributed by atoms with Crippen LogP contribution in [0, 0.1) is 6.92 Å². The maximum Gasteiger partial charge on any atom is 0.139 e. The van der Waals surface area contributed by atoms with Crippen LogP contribution < -0.4 is 0 Å². The van der Waals surface area contributed by atoms with E-state index >= 15 is 0 Å². The molecule has 0 aliphatic carbocycles. The second-order valence-corrected chi connectivity index (χ2v) is 2.89. The van der Waals surface area contributed by atoms with Crippen LogP contribution in [0.4, 0.5) is 0 Å². The Balaban J connectivity index is 2.86. The van der Waals surface area contributed by atoms with Crippen LogP contribution >= 0.6 is 11.6 Å². The van der Waals surface area contributed by atoms with Gasteiger partial charge in [-0.05, 0) is 24.6 Å². The van der Waals surface area contributed by atoms with E-state index in [9.17, 15) is 0 Å². The summed E-state index contributed by atoms with van der Waals surface area (Å²) in [7, 11) is 0. The van der Waals surface area contributed by atoms with Gasteiger partial charge in [0.05, 0.1) is 0 Å². The molecular weight excluding hydrogens is 160 g/mol. The Morgan fingerprint density at radius 1 is 1.45 bits per heavy atom. The highest BCUT2D eigenvalue weighted by Gasteiger charge is 1.99. The van der Waals surface area contributed by atoms with Gasteiger partial charge in [-0.2, -0.15) is 0 Å². The number of rotatable bonds is 0. The van der Waals surface area contributed by atoms with Crippen LogP contribution in [0.25, 0.3) is 11.0 Å². The highest BCUT2D eigenvalue weighted by atomic mass is 35.5. The average Bonchev–Trinajstić information content (AvgIpc) is 2.32. The van der Waals surface area contributed by atoms with Gasteiger partial charge in [0.2, 0.25) is 0 Å². The number of H-pyrrole nitrogens is 1. The van der Waals surface area contributed by atoms with Crippen molar-refractivity contribution in [3.8, 4) is 0 Å². The van der Waals surface area contributed by atoms with E-state index in [-0.39, 0.29) is 0 Å². The van der Waals surface area contributed by atoms with E-state index in [0.29, 0.717) is 5.15 Å². The first kappa shape index (κ1) is 6.68. The number of aryl methyl sites for hydroxylation is 1. The molecule has 0 saturated carbocycles. The number of nitrogens with one attached hydrogen (secondary N) is 1. The van der Waals surface area contributed by atoms with E-state index in [1.807, 2.05) is 19.2 Å². The molecule has 0 spiro atoms. The minimum atomic E-state index is 0.527. The molecule has 2 nitrogen and oxygen atoms in total. The van der Waals surface area contributed by atoms with Crippen molar-refractivity contribution in [2.24, 2.45) is 0 Å². The molecule has 11 heavy (non-hydrogen) atoms. The van der Waals surface area contributed by atoms with Crippen molar-refractivity contribution in [3.63, 3.8) is 0 Å². The molecule has 2 heterocycles. The van der Waals surface area contributed by atoms with E-state index in [4.69, 9.17) is 11.6 Å². The lowest BCUT2D eigenvalue weighted by Crippen LogP contribution is -1.75. The number of nitrogens with zero attached hydrogens (tertiary/aromatic N) is 1. The lowest BCUT2D eigenvalue weighted by Gasteiger charge is -1.90. The van der Waals surface area contributed by atoms with Crippen molar-refractivity contribution in [2.45, 2.75) is 6.92 Å². The van der Waals surface area contributed by atoms with Gasteiger partial charge >= 0.3 is 0 Å². The lowest BCUT2D eigenvalue weighted by molar-refractivity contribution is 1.32. The topological polar surface area (TPSA) is 28.7 Å². The minimum Gasteiger partial charge on any atom is -0.346 e. The molecule has 0 aromatic carbocycles. The summed E-state index contributed by atoms with van der Waals surface area (Å²) < 4.78 is 0. The second-order valence-electron chi connectivity index (χ2n) is 2.50. The van der Waals surface area contributed by atoms with Crippen molar-refractivity contribution in [3.05, 3.63) is 29.0 Å². The van der Waals surface area contributed by atoms with Gasteiger partial charge in [0.25, 0.3) is 0 Å². The van der Waals surface area contributed by atoms with Crippen molar-refractivity contribution in [2.75, 3.05) is 0 Å². The van der Waals surface area contributed by atoms with Crippen LogP contribution in [0.15, 0.2) is 18.3 Å². The van der Waals surface area contributed by atoms with Crippen LogP contribution in [-0.2, 0) is 0 Å². The fraction of sp³-hybridized carbons (Fsp3) is 0.125. The molecule has 0 aliphatic heterocycles. The van der Waals surface area contributed by atoms with Crippen LogP contribution in [-0.4, -0.2) is 9.97 Å². The molecule has 0 fully saturated rings. The zero-order valence-electron chi connectivity index (χ0n) is 6.06. The molecule has 0 amide bonds. The van der Waals surface area contributed by atoms with Gasteiger partial charge in [-0.3, -0.25) is 0 Å². The van der Waals surface area contributed by atoms with Crippen molar-refractivity contribution < 1.29 is 0 Å². The first-order valence-electron chi connectivity index (χ1n) is 3.37. The maximum absolute atomic E-state index is 5.70. The Labute approximate surface area is 69.2 Å². The summed E-state index contributed by atoms with van der Waals surface area (Å²) in [6.07, 6.45) is 1.92. The van der Waals surface area contributed by atoms with E-state index < -0.39 is 0 Å². The zero-order valence-corrected chi connectivity index (χ0v) is 6.81. The minimum absolute atomic E-state index is 0.527. The summed E-state index contributed by atoms with van der Waals surface area (Å²) in [4.78, 5) is 7.14. The van der Waals surface area contributed by atoms with Gasteiger partial charge < -0.3 is 4.98 Å². The molecule has 1 N–H and O–H groups in total. The number of aromatic nitrogens is 2. The third kappa shape index (κ3) is 0.994. The SMILES string of the molecule is Cc1c[nH]c2nc(Cl)ccc12. The Morgan fingerprint density at radius 3 is 3.09 bits per heavy atom. The number of hydrogen-bond acceptors (Lipinski definition) is 1. The summed E-state index contributed by atoms with van der Waals surface area (Å²) in [5.41, 5.74) is 2.05. The van der Waals surface area contributed by atoms with E-state index in [2.05, 4.69) is 9.97 Å². The van der Waals surface area contributed by atoms with Gasteiger partial charge in [-0.1, -0.05) is 11.6 Å². The second kappa shape index (κ2) is 2.24. The Kier molecular flexibility index (Phi) is 1.36. The Bertz CT molecular complexity index is 392. The fourth-order valence-corrected chi connectivity index (χ4v) is 1.27. The third-order valence-electron chi connectivity index (χ3n) is 1.71. The number of fused-ring (bicyclic) bond motifs is 1. The molecule has 0 unspecified atom stereocenters. The molecule has 0 radical (unpaired) electrons. The van der Waals surface area contributed by atoms with Crippen LogP contribution in [0.1, 0.15) is 5.56 Å². The summed E-state index contributed by atoms with van der Waals surface area (Å²) in [6, 6.07) is 3.77. The van der Waals surface area contributed by atoms with Gasteiger partial charge in [0.1, 0.15) is 10.8 Å². The number of pyridine rings is 1. The molecule has 0 saturated heterocycles. The van der Waals surface area contributed by atoms with E-state index in [1.165, 1.54) is 5.56 Å². The van der Waals surface area contributed by atoms with Gasteiger partial charge in [0.15, 0.2) is 0 Å². The summed E-state index contributed by atoms with van der Waals surface area (Å²) in [5, 5.41) is 1.66. The van der Waals surface area contributed by atoms with E-state index in [1.54, 1.807) is 6.07 Å². The molecule has 2 aromatic heterocycles. The van der Waals surface area contributed by atoms with Crippen LogP contribution in [0.3, 0.4) is 0 Å². The molecule has 0 bridgehead atoms. The number of halogens is 1. The Morgan fingerprint density at radius 2 is 2.27 bits per heavy atom. The van der Waals surface area contributed by atoms with Gasteiger partial charge in [-0.25, -0.2) is 4.98 Å². The predicted molar refractivity (Wildman–Crippen MR) is 45.8 cm³/mol. The summed E-state index contributed by atoms with van der Waals surface area (Å²) in [6.45, 7) is 2.04. The zero-order chi connectivity index (χ0) is 7.84. The number of aromatic amines is 1. The van der Waals surface area contributed by atoms with Crippen molar-refractivity contribution in [1.29, 1.82) is 0 Å². The molecule has 0 aliphatic rings. The maximum atomic E-state index is 5.70. The quantitative estimate of drug-likeness (QED) is 0.599. The lowest BCUT2D eigenvalue weighted by atomic mass is 10.2. The smallest absolute Gasteiger partial charge is 0.139 e.